The summed E-state index contributed by atoms with van der Waals surface area (Å²) in [6.45, 7) is 5.69. The third kappa shape index (κ3) is 1.27. The van der Waals surface area contributed by atoms with Crippen LogP contribution in [0.5, 0.6) is 0 Å². The zero-order chi connectivity index (χ0) is 10.6. The number of nitrogens with zero attached hydrogens (tertiary/aromatic N) is 1. The number of halogens is 1. The Morgan fingerprint density at radius 1 is 1.27 bits per heavy atom. The lowest BCUT2D eigenvalue weighted by molar-refractivity contribution is 0.622. The fourth-order valence-electron chi connectivity index (χ4n) is 2.72. The third-order valence-electron chi connectivity index (χ3n) is 3.60. The van der Waals surface area contributed by atoms with E-state index in [0.29, 0.717) is 0 Å². The molecule has 15 heavy (non-hydrogen) atoms. The van der Waals surface area contributed by atoms with Crippen LogP contribution in [0.1, 0.15) is 23.2 Å². The van der Waals surface area contributed by atoms with Crippen LogP contribution >= 0.6 is 22.6 Å². The van der Waals surface area contributed by atoms with Gasteiger partial charge in [-0.25, -0.2) is 0 Å². The van der Waals surface area contributed by atoms with E-state index >= 15 is 0 Å². The van der Waals surface area contributed by atoms with Gasteiger partial charge in [0.2, 0.25) is 0 Å². The largest absolute Gasteiger partial charge is 0.344 e. The highest BCUT2D eigenvalue weighted by molar-refractivity contribution is 14.1. The minimum Gasteiger partial charge on any atom is -0.344 e. The Bertz CT molecular complexity index is 551. The van der Waals surface area contributed by atoms with Gasteiger partial charge in [-0.05, 0) is 72.5 Å². The molecule has 0 radical (unpaired) electrons. The van der Waals surface area contributed by atoms with E-state index in [-0.39, 0.29) is 0 Å². The standard InChI is InChI=1S/C13H14IN/c1-8-9(2)15-5-3-4-10-6-11(14)7-12(8)13(10)15/h6-7H,3-5H2,1-2H3. The van der Waals surface area contributed by atoms with Crippen LogP contribution in [0.2, 0.25) is 0 Å². The zero-order valence-electron chi connectivity index (χ0n) is 9.10. The van der Waals surface area contributed by atoms with Crippen LogP contribution in [0.3, 0.4) is 0 Å². The summed E-state index contributed by atoms with van der Waals surface area (Å²) >= 11 is 2.43. The molecule has 78 valence electrons. The van der Waals surface area contributed by atoms with Crippen LogP contribution in [0.25, 0.3) is 10.9 Å². The lowest BCUT2D eigenvalue weighted by atomic mass is 10.0. The Balaban J connectivity index is 2.53. The second-order valence-corrected chi connectivity index (χ2v) is 5.67. The first-order valence-electron chi connectivity index (χ1n) is 5.46. The van der Waals surface area contributed by atoms with Crippen molar-refractivity contribution in [2.24, 2.45) is 0 Å². The summed E-state index contributed by atoms with van der Waals surface area (Å²) in [5.41, 5.74) is 5.95. The highest BCUT2D eigenvalue weighted by Crippen LogP contribution is 2.33. The van der Waals surface area contributed by atoms with E-state index < -0.39 is 0 Å². The molecule has 0 fully saturated rings. The van der Waals surface area contributed by atoms with Crippen molar-refractivity contribution in [2.75, 3.05) is 0 Å². The molecule has 1 nitrogen and oxygen atoms in total. The predicted molar refractivity (Wildman–Crippen MR) is 72.5 cm³/mol. The Hall–Kier alpha value is -0.510. The Labute approximate surface area is 104 Å². The fraction of sp³-hybridized carbons (Fsp3) is 0.385. The van der Waals surface area contributed by atoms with Gasteiger partial charge in [-0.15, -0.1) is 0 Å². The van der Waals surface area contributed by atoms with Gasteiger partial charge >= 0.3 is 0 Å². The van der Waals surface area contributed by atoms with E-state index in [0.717, 1.165) is 0 Å². The number of rotatable bonds is 0. The molecule has 0 saturated carbocycles. The normalized spacial score (nSPS) is 14.9. The molecule has 3 rings (SSSR count). The summed E-state index contributed by atoms with van der Waals surface area (Å²) in [5, 5.41) is 1.47. The van der Waals surface area contributed by atoms with Crippen LogP contribution in [-0.2, 0) is 13.0 Å². The smallest absolute Gasteiger partial charge is 0.0518 e. The van der Waals surface area contributed by atoms with Crippen molar-refractivity contribution in [3.8, 4) is 0 Å². The maximum Gasteiger partial charge on any atom is 0.0518 e. The zero-order valence-corrected chi connectivity index (χ0v) is 11.3. The summed E-state index contributed by atoms with van der Waals surface area (Å²) in [6.07, 6.45) is 2.54. The SMILES string of the molecule is Cc1c(C)n2c3c(cc(I)cc13)CCC2. The molecule has 1 aliphatic rings. The molecular formula is C13H14IN. The molecule has 0 atom stereocenters. The number of aryl methyl sites for hydroxylation is 3. The Morgan fingerprint density at radius 3 is 2.87 bits per heavy atom. The maximum atomic E-state index is 2.50. The average Bonchev–Trinajstić information content (AvgIpc) is 2.46. The van der Waals surface area contributed by atoms with Gasteiger partial charge in [0.1, 0.15) is 0 Å². The maximum absolute atomic E-state index is 2.50. The Kier molecular flexibility index (Phi) is 2.09. The number of benzene rings is 1. The highest BCUT2D eigenvalue weighted by atomic mass is 127. The molecule has 1 aromatic carbocycles. The minimum absolute atomic E-state index is 1.20. The molecular weight excluding hydrogens is 297 g/mol. The molecule has 0 unspecified atom stereocenters. The third-order valence-corrected chi connectivity index (χ3v) is 4.23. The number of hydrogen-bond acceptors (Lipinski definition) is 0. The molecule has 2 heterocycles. The predicted octanol–water partition coefficient (Wildman–Crippen LogP) is 3.81. The summed E-state index contributed by atoms with van der Waals surface area (Å²) in [7, 11) is 0. The molecule has 2 heteroatoms. The minimum atomic E-state index is 1.20. The van der Waals surface area contributed by atoms with E-state index in [1.807, 2.05) is 0 Å². The molecule has 0 N–H and O–H groups in total. The highest BCUT2D eigenvalue weighted by Gasteiger charge is 2.18. The monoisotopic (exact) mass is 311 g/mol. The van der Waals surface area contributed by atoms with Gasteiger partial charge in [0, 0.05) is 21.2 Å². The fourth-order valence-corrected chi connectivity index (χ4v) is 3.41. The van der Waals surface area contributed by atoms with Crippen LogP contribution in [0, 0.1) is 17.4 Å². The van der Waals surface area contributed by atoms with Crippen LogP contribution in [0.4, 0.5) is 0 Å². The molecule has 1 aliphatic heterocycles. The average molecular weight is 311 g/mol. The van der Waals surface area contributed by atoms with Crippen LogP contribution in [0.15, 0.2) is 12.1 Å². The van der Waals surface area contributed by atoms with Crippen LogP contribution in [-0.4, -0.2) is 4.57 Å². The van der Waals surface area contributed by atoms with Crippen molar-refractivity contribution >= 4 is 33.5 Å². The molecule has 1 aromatic heterocycles. The summed E-state index contributed by atoms with van der Waals surface area (Å²) in [5.74, 6) is 0. The first-order valence-corrected chi connectivity index (χ1v) is 6.54. The van der Waals surface area contributed by atoms with Crippen molar-refractivity contribution in [1.29, 1.82) is 0 Å². The lowest BCUT2D eigenvalue weighted by Gasteiger charge is -2.17. The number of hydrogen-bond donors (Lipinski definition) is 0. The number of aromatic nitrogens is 1. The molecule has 2 aromatic rings. The summed E-state index contributed by atoms with van der Waals surface area (Å²) in [6, 6.07) is 4.67. The second-order valence-electron chi connectivity index (χ2n) is 4.43. The van der Waals surface area contributed by atoms with Gasteiger partial charge in [0.05, 0.1) is 5.52 Å². The van der Waals surface area contributed by atoms with Crippen molar-refractivity contribution < 1.29 is 0 Å². The molecule has 0 bridgehead atoms. The molecule has 0 aliphatic carbocycles. The van der Waals surface area contributed by atoms with Crippen molar-refractivity contribution in [2.45, 2.75) is 33.2 Å². The first-order chi connectivity index (χ1) is 7.18. The van der Waals surface area contributed by atoms with Gasteiger partial charge in [-0.1, -0.05) is 0 Å². The van der Waals surface area contributed by atoms with E-state index in [1.165, 1.54) is 45.1 Å². The van der Waals surface area contributed by atoms with Crippen molar-refractivity contribution in [1.82, 2.24) is 4.57 Å². The van der Waals surface area contributed by atoms with Gasteiger partial charge in [-0.2, -0.15) is 0 Å². The second kappa shape index (κ2) is 3.24. The van der Waals surface area contributed by atoms with Gasteiger partial charge in [0.25, 0.3) is 0 Å². The topological polar surface area (TPSA) is 4.93 Å². The summed E-state index contributed by atoms with van der Waals surface area (Å²) in [4.78, 5) is 0. The van der Waals surface area contributed by atoms with Crippen LogP contribution < -0.4 is 0 Å². The van der Waals surface area contributed by atoms with E-state index in [2.05, 4.69) is 53.1 Å². The van der Waals surface area contributed by atoms with E-state index in [4.69, 9.17) is 0 Å². The molecule has 0 spiro atoms. The lowest BCUT2D eigenvalue weighted by Crippen LogP contribution is -2.08. The quantitative estimate of drug-likeness (QED) is 0.652. The molecule has 0 saturated heterocycles. The van der Waals surface area contributed by atoms with E-state index in [9.17, 15) is 0 Å². The van der Waals surface area contributed by atoms with Crippen molar-refractivity contribution in [3.05, 3.63) is 32.5 Å². The van der Waals surface area contributed by atoms with E-state index in [1.54, 1.807) is 5.56 Å². The van der Waals surface area contributed by atoms with Gasteiger partial charge in [0.15, 0.2) is 0 Å². The van der Waals surface area contributed by atoms with Gasteiger partial charge < -0.3 is 4.57 Å². The molecule has 0 amide bonds. The van der Waals surface area contributed by atoms with Crippen molar-refractivity contribution in [3.63, 3.8) is 0 Å². The Morgan fingerprint density at radius 2 is 2.07 bits per heavy atom. The van der Waals surface area contributed by atoms with Gasteiger partial charge in [-0.3, -0.25) is 0 Å². The first kappa shape index (κ1) is 9.70. The summed E-state index contributed by atoms with van der Waals surface area (Å²) < 4.78 is 3.87.